The third-order valence-electron chi connectivity index (χ3n) is 3.94. The summed E-state index contributed by atoms with van der Waals surface area (Å²) < 4.78 is 18.7. The van der Waals surface area contributed by atoms with Gasteiger partial charge < -0.3 is 15.2 Å². The van der Waals surface area contributed by atoms with E-state index >= 15 is 0 Å². The number of phenols is 1. The van der Waals surface area contributed by atoms with E-state index in [0.717, 1.165) is 19.0 Å². The van der Waals surface area contributed by atoms with Crippen molar-refractivity contribution in [1.29, 1.82) is 0 Å². The second-order valence-electron chi connectivity index (χ2n) is 6.08. The number of phenolic OH excluding ortho intramolecular Hbond substituents is 1. The molecule has 0 saturated carbocycles. The first kappa shape index (κ1) is 19.7. The minimum absolute atomic E-state index is 0.0715. The van der Waals surface area contributed by atoms with Crippen LogP contribution in [0.1, 0.15) is 54.9 Å². The first-order valence-corrected chi connectivity index (χ1v) is 8.86. The van der Waals surface area contributed by atoms with E-state index in [-0.39, 0.29) is 30.8 Å². The van der Waals surface area contributed by atoms with Crippen LogP contribution in [0.3, 0.4) is 0 Å². The Morgan fingerprint density at radius 1 is 1.27 bits per heavy atom. The molecule has 0 aliphatic carbocycles. The normalized spacial score (nSPS) is 19.5. The number of halogens is 1. The average Bonchev–Trinajstić information content (AvgIpc) is 2.61. The quantitative estimate of drug-likeness (QED) is 0.782. The van der Waals surface area contributed by atoms with Gasteiger partial charge in [0.05, 0.1) is 6.61 Å². The second-order valence-corrected chi connectivity index (χ2v) is 6.08. The minimum atomic E-state index is -0.794. The maximum Gasteiger partial charge on any atom is 0.342 e. The van der Waals surface area contributed by atoms with E-state index in [2.05, 4.69) is 5.32 Å². The van der Waals surface area contributed by atoms with Gasteiger partial charge in [-0.3, -0.25) is 4.79 Å². The summed E-state index contributed by atoms with van der Waals surface area (Å²) in [5.41, 5.74) is 1.33. The fourth-order valence-corrected chi connectivity index (χ4v) is 2.61. The molecule has 2 N–H and O–H groups in total. The van der Waals surface area contributed by atoms with Crippen LogP contribution in [-0.2, 0) is 9.53 Å². The minimum Gasteiger partial charge on any atom is -0.507 e. The highest BCUT2D eigenvalue weighted by Crippen LogP contribution is 2.29. The van der Waals surface area contributed by atoms with Crippen molar-refractivity contribution in [3.05, 3.63) is 41.2 Å². The van der Waals surface area contributed by atoms with E-state index < -0.39 is 17.6 Å². The highest BCUT2D eigenvalue weighted by Gasteiger charge is 2.18. The van der Waals surface area contributed by atoms with Crippen molar-refractivity contribution in [2.45, 2.75) is 39.0 Å². The molecule has 0 aromatic heterocycles. The van der Waals surface area contributed by atoms with Crippen LogP contribution in [0.4, 0.5) is 10.1 Å². The number of anilines is 1. The highest BCUT2D eigenvalue weighted by molar-refractivity contribution is 5.97. The molecule has 0 amide bonds. The third-order valence-corrected chi connectivity index (χ3v) is 3.94. The smallest absolute Gasteiger partial charge is 0.342 e. The molecule has 0 fully saturated rings. The lowest BCUT2D eigenvalue weighted by molar-refractivity contribution is -0.117. The Morgan fingerprint density at radius 2 is 2.08 bits per heavy atom. The molecule has 0 spiro atoms. The molecule has 1 heterocycles. The molecule has 0 bridgehead atoms. The van der Waals surface area contributed by atoms with Gasteiger partial charge in [0.15, 0.2) is 11.6 Å². The number of aromatic hydroxyl groups is 1. The lowest BCUT2D eigenvalue weighted by Crippen LogP contribution is -2.10. The van der Waals surface area contributed by atoms with E-state index in [9.17, 15) is 19.1 Å². The van der Waals surface area contributed by atoms with Crippen LogP contribution in [0.2, 0.25) is 0 Å². The van der Waals surface area contributed by atoms with Gasteiger partial charge in [0.25, 0.3) is 0 Å². The molecule has 140 valence electrons. The lowest BCUT2D eigenvalue weighted by Gasteiger charge is -2.13. The summed E-state index contributed by atoms with van der Waals surface area (Å²) in [6, 6.07) is 3.27. The summed E-state index contributed by atoms with van der Waals surface area (Å²) in [5, 5.41) is 13.5. The predicted octanol–water partition coefficient (Wildman–Crippen LogP) is 4.38. The maximum absolute atomic E-state index is 13.6. The largest absolute Gasteiger partial charge is 0.507 e. The Hall–Kier alpha value is -2.63. The van der Waals surface area contributed by atoms with E-state index in [1.54, 1.807) is 18.2 Å². The van der Waals surface area contributed by atoms with Crippen molar-refractivity contribution in [3.8, 4) is 5.75 Å². The number of ketones is 1. The molecule has 1 aliphatic heterocycles. The van der Waals surface area contributed by atoms with E-state index in [1.165, 1.54) is 6.07 Å². The van der Waals surface area contributed by atoms with Crippen LogP contribution in [0.25, 0.3) is 6.08 Å². The molecule has 6 heteroatoms. The molecule has 0 saturated heterocycles. The zero-order valence-electron chi connectivity index (χ0n) is 14.9. The second kappa shape index (κ2) is 9.75. The molecule has 5 nitrogen and oxygen atoms in total. The van der Waals surface area contributed by atoms with Crippen LogP contribution in [0.15, 0.2) is 30.1 Å². The molecule has 0 radical (unpaired) electrons. The lowest BCUT2D eigenvalue weighted by atomic mass is 10.0. The number of fused-ring (bicyclic) bond motifs is 1. The van der Waals surface area contributed by atoms with Gasteiger partial charge in [-0.05, 0) is 37.0 Å². The Labute approximate surface area is 152 Å². The fourth-order valence-electron chi connectivity index (χ4n) is 2.61. The highest BCUT2D eigenvalue weighted by atomic mass is 19.1. The fraction of sp³-hybridized carbons (Fsp3) is 0.400. The van der Waals surface area contributed by atoms with Crippen molar-refractivity contribution in [1.82, 2.24) is 0 Å². The Balaban J connectivity index is 2.31. The summed E-state index contributed by atoms with van der Waals surface area (Å²) in [7, 11) is 0. The van der Waals surface area contributed by atoms with Crippen LogP contribution in [0.5, 0.6) is 5.75 Å². The summed E-state index contributed by atoms with van der Waals surface area (Å²) in [4.78, 5) is 24.0. The van der Waals surface area contributed by atoms with Gasteiger partial charge in [-0.2, -0.15) is 0 Å². The molecule has 1 aliphatic rings. The zero-order valence-corrected chi connectivity index (χ0v) is 14.9. The van der Waals surface area contributed by atoms with Gasteiger partial charge in [0.2, 0.25) is 0 Å². The predicted molar refractivity (Wildman–Crippen MR) is 98.9 cm³/mol. The number of carbonyl (C=O) groups excluding carboxylic acids is 2. The first-order valence-electron chi connectivity index (χ1n) is 8.86. The number of benzene rings is 1. The van der Waals surface area contributed by atoms with Crippen LogP contribution in [-0.4, -0.2) is 30.0 Å². The standard InChI is InChI=1S/C20H24FNO4/c1-2-10-22-15-12-14-7-4-3-5-9-17(23)16(21)8-6-11-26-20(25)19(14)18(24)13-15/h4,7-8,12-13,22,24H,2-3,5-6,9-11H2,1H3/b7-4+,16-8+. The van der Waals surface area contributed by atoms with Crippen LogP contribution < -0.4 is 5.32 Å². The number of nitrogens with one attached hydrogen (secondary N) is 1. The Morgan fingerprint density at radius 3 is 2.85 bits per heavy atom. The number of hydrogen-bond acceptors (Lipinski definition) is 5. The number of carbonyl (C=O) groups is 2. The summed E-state index contributed by atoms with van der Waals surface area (Å²) in [6.07, 6.45) is 6.88. The number of ether oxygens (including phenoxy) is 1. The van der Waals surface area contributed by atoms with Crippen LogP contribution in [0, 0.1) is 0 Å². The molecule has 2 rings (SSSR count). The SMILES string of the molecule is CCCNc1cc(O)c2c(c1)/C=C/CCCC(=O)/C(F)=C\CCOC2=O. The molecule has 0 atom stereocenters. The number of Topliss-reactive ketones (excluding diaryl/α,β-unsaturated/α-hetero) is 1. The monoisotopic (exact) mass is 361 g/mol. The van der Waals surface area contributed by atoms with Crippen molar-refractivity contribution in [2.24, 2.45) is 0 Å². The number of allylic oxidation sites excluding steroid dienone is 2. The number of hydrogen-bond donors (Lipinski definition) is 2. The van der Waals surface area contributed by atoms with Gasteiger partial charge in [-0.1, -0.05) is 19.1 Å². The zero-order chi connectivity index (χ0) is 18.9. The molecular formula is C20H24FNO4. The van der Waals surface area contributed by atoms with Crippen LogP contribution >= 0.6 is 0 Å². The molecular weight excluding hydrogens is 337 g/mol. The summed E-state index contributed by atoms with van der Waals surface area (Å²) in [5.74, 6) is -2.18. The van der Waals surface area contributed by atoms with Gasteiger partial charge in [-0.25, -0.2) is 9.18 Å². The number of cyclic esters (lactones) is 1. The van der Waals surface area contributed by atoms with Crippen molar-refractivity contribution in [3.63, 3.8) is 0 Å². The first-order chi connectivity index (χ1) is 12.5. The van der Waals surface area contributed by atoms with E-state index in [0.29, 0.717) is 24.1 Å². The molecule has 1 aromatic carbocycles. The Bertz CT molecular complexity index is 725. The number of esters is 1. The maximum atomic E-state index is 13.6. The van der Waals surface area contributed by atoms with Gasteiger partial charge in [-0.15, -0.1) is 0 Å². The number of rotatable bonds is 3. The third kappa shape index (κ3) is 5.44. The van der Waals surface area contributed by atoms with E-state index in [1.807, 2.05) is 6.92 Å². The van der Waals surface area contributed by atoms with Gasteiger partial charge in [0, 0.05) is 31.1 Å². The molecule has 1 aromatic rings. The molecule has 26 heavy (non-hydrogen) atoms. The summed E-state index contributed by atoms with van der Waals surface area (Å²) in [6.45, 7) is 2.70. The van der Waals surface area contributed by atoms with E-state index in [4.69, 9.17) is 4.74 Å². The topological polar surface area (TPSA) is 75.6 Å². The van der Waals surface area contributed by atoms with Crippen molar-refractivity contribution >= 4 is 23.5 Å². The van der Waals surface area contributed by atoms with Crippen molar-refractivity contribution < 1.29 is 23.8 Å². The molecule has 0 unspecified atom stereocenters. The average molecular weight is 361 g/mol. The Kier molecular flexibility index (Phi) is 7.38. The van der Waals surface area contributed by atoms with Gasteiger partial charge >= 0.3 is 5.97 Å². The summed E-state index contributed by atoms with van der Waals surface area (Å²) >= 11 is 0. The van der Waals surface area contributed by atoms with Crippen molar-refractivity contribution in [2.75, 3.05) is 18.5 Å². The van der Waals surface area contributed by atoms with Gasteiger partial charge in [0.1, 0.15) is 11.3 Å².